The molecule has 20 heavy (non-hydrogen) atoms. The van der Waals surface area contributed by atoms with Crippen molar-refractivity contribution in [2.45, 2.75) is 6.54 Å². The van der Waals surface area contributed by atoms with E-state index < -0.39 is 6.03 Å². The van der Waals surface area contributed by atoms with Gasteiger partial charge in [-0.25, -0.2) is 4.79 Å². The van der Waals surface area contributed by atoms with Crippen molar-refractivity contribution in [1.82, 2.24) is 15.5 Å². The largest absolute Gasteiger partial charge is 0.409 e. The molecule has 0 saturated heterocycles. The van der Waals surface area contributed by atoms with E-state index in [0.29, 0.717) is 12.1 Å². The average molecular weight is 274 g/mol. The van der Waals surface area contributed by atoms with Crippen LogP contribution >= 0.6 is 0 Å². The number of aromatic amines is 1. The van der Waals surface area contributed by atoms with Crippen molar-refractivity contribution in [3.63, 3.8) is 0 Å². The van der Waals surface area contributed by atoms with Crippen molar-refractivity contribution in [2.24, 2.45) is 10.9 Å². The van der Waals surface area contributed by atoms with Gasteiger partial charge < -0.3 is 16.3 Å². The molecule has 0 radical (unpaired) electrons. The Kier molecular flexibility index (Phi) is 4.17. The molecular weight excluding hydrogens is 260 g/mol. The molecule has 2 aromatic rings. The maximum absolute atomic E-state index is 11.7. The van der Waals surface area contributed by atoms with E-state index in [1.807, 2.05) is 30.3 Å². The number of aromatic nitrogens is 2. The highest BCUT2D eigenvalue weighted by Crippen LogP contribution is 2.10. The topological polar surface area (TPSA) is 128 Å². The van der Waals surface area contributed by atoms with E-state index in [4.69, 9.17) is 10.9 Å². The minimum atomic E-state index is -0.426. The number of amides is 2. The zero-order chi connectivity index (χ0) is 14.4. The third-order valence-electron chi connectivity index (χ3n) is 2.56. The number of H-pyrrole nitrogens is 1. The number of benzene rings is 1. The lowest BCUT2D eigenvalue weighted by molar-refractivity contribution is 0.251. The predicted molar refractivity (Wildman–Crippen MR) is 73.4 cm³/mol. The predicted octanol–water partition coefficient (Wildman–Crippen LogP) is 0.826. The fraction of sp³-hybridized carbons (Fsp3) is 0.0833. The lowest BCUT2D eigenvalue weighted by atomic mass is 10.2. The van der Waals surface area contributed by atoms with Gasteiger partial charge in [0.1, 0.15) is 5.82 Å². The van der Waals surface area contributed by atoms with E-state index >= 15 is 0 Å². The molecule has 2 rings (SSSR count). The monoisotopic (exact) mass is 274 g/mol. The number of hydrogen-bond donors (Lipinski definition) is 5. The molecule has 1 aromatic heterocycles. The van der Waals surface area contributed by atoms with Crippen molar-refractivity contribution < 1.29 is 10.0 Å². The number of rotatable bonds is 4. The van der Waals surface area contributed by atoms with Crippen LogP contribution in [0.1, 0.15) is 11.1 Å². The first-order valence-electron chi connectivity index (χ1n) is 5.80. The van der Waals surface area contributed by atoms with Crippen LogP contribution in [0, 0.1) is 0 Å². The Hall–Kier alpha value is -3.03. The number of nitrogens with two attached hydrogens (primary N) is 1. The molecule has 2 amide bonds. The molecule has 0 fully saturated rings. The molecule has 6 N–H and O–H groups in total. The molecular formula is C12H14N6O2. The van der Waals surface area contributed by atoms with E-state index in [1.54, 1.807) is 0 Å². The standard InChI is InChI=1S/C12H14N6O2/c13-10(18-20)9-7-15-17-11(9)16-12(19)14-6-8-4-2-1-3-5-8/h1-5,7,20H,6H2,(H2,13,18)(H3,14,15,16,17,19). The summed E-state index contributed by atoms with van der Waals surface area (Å²) in [5.74, 6) is 0.114. The summed E-state index contributed by atoms with van der Waals surface area (Å²) in [5, 5.41) is 23.0. The number of carbonyl (C=O) groups excluding carboxylic acids is 1. The summed E-state index contributed by atoms with van der Waals surface area (Å²) in [4.78, 5) is 11.7. The fourth-order valence-corrected chi connectivity index (χ4v) is 1.57. The molecule has 104 valence electrons. The molecule has 0 aliphatic heterocycles. The van der Waals surface area contributed by atoms with Gasteiger partial charge in [0.05, 0.1) is 11.8 Å². The Balaban J connectivity index is 1.94. The summed E-state index contributed by atoms with van der Waals surface area (Å²) >= 11 is 0. The number of amidine groups is 1. The summed E-state index contributed by atoms with van der Waals surface area (Å²) in [6, 6.07) is 9.06. The number of nitrogens with one attached hydrogen (secondary N) is 3. The van der Waals surface area contributed by atoms with Gasteiger partial charge >= 0.3 is 6.03 Å². The summed E-state index contributed by atoms with van der Waals surface area (Å²) in [6.45, 7) is 0.389. The van der Waals surface area contributed by atoms with E-state index in [9.17, 15) is 4.79 Å². The lowest BCUT2D eigenvalue weighted by Gasteiger charge is -2.07. The normalized spacial score (nSPS) is 11.1. The van der Waals surface area contributed by atoms with Gasteiger partial charge in [-0.3, -0.25) is 10.4 Å². The first-order chi connectivity index (χ1) is 9.70. The number of carbonyl (C=O) groups is 1. The third-order valence-corrected chi connectivity index (χ3v) is 2.56. The average Bonchev–Trinajstić information content (AvgIpc) is 2.93. The second kappa shape index (κ2) is 6.23. The summed E-state index contributed by atoms with van der Waals surface area (Å²) in [5.41, 5.74) is 6.73. The number of urea groups is 1. The third kappa shape index (κ3) is 3.25. The lowest BCUT2D eigenvalue weighted by Crippen LogP contribution is -2.29. The Bertz CT molecular complexity index is 607. The Morgan fingerprint density at radius 1 is 1.40 bits per heavy atom. The molecule has 0 spiro atoms. The molecule has 8 nitrogen and oxygen atoms in total. The van der Waals surface area contributed by atoms with Gasteiger partial charge in [0.25, 0.3) is 0 Å². The van der Waals surface area contributed by atoms with Gasteiger partial charge in [-0.05, 0) is 5.56 Å². The van der Waals surface area contributed by atoms with Crippen molar-refractivity contribution in [2.75, 3.05) is 5.32 Å². The number of nitrogens with zero attached hydrogens (tertiary/aromatic N) is 2. The molecule has 0 aliphatic rings. The van der Waals surface area contributed by atoms with Crippen molar-refractivity contribution in [3.8, 4) is 0 Å². The van der Waals surface area contributed by atoms with Gasteiger partial charge in [0.2, 0.25) is 0 Å². The van der Waals surface area contributed by atoms with Crippen LogP contribution in [0.2, 0.25) is 0 Å². The summed E-state index contributed by atoms with van der Waals surface area (Å²) in [6.07, 6.45) is 1.35. The quantitative estimate of drug-likeness (QED) is 0.245. The first-order valence-corrected chi connectivity index (χ1v) is 5.80. The Labute approximate surface area is 114 Å². The van der Waals surface area contributed by atoms with Gasteiger partial charge in [0.15, 0.2) is 5.84 Å². The van der Waals surface area contributed by atoms with Crippen LogP contribution < -0.4 is 16.4 Å². The van der Waals surface area contributed by atoms with Crippen LogP contribution in [0.5, 0.6) is 0 Å². The van der Waals surface area contributed by atoms with Crippen molar-refractivity contribution in [3.05, 3.63) is 47.7 Å². The highest BCUT2D eigenvalue weighted by atomic mass is 16.4. The van der Waals surface area contributed by atoms with Crippen molar-refractivity contribution in [1.29, 1.82) is 0 Å². The Morgan fingerprint density at radius 2 is 2.15 bits per heavy atom. The van der Waals surface area contributed by atoms with Crippen LogP contribution in [0.3, 0.4) is 0 Å². The highest BCUT2D eigenvalue weighted by molar-refractivity contribution is 6.04. The molecule has 0 unspecified atom stereocenters. The van der Waals surface area contributed by atoms with Gasteiger partial charge in [-0.2, -0.15) is 5.10 Å². The van der Waals surface area contributed by atoms with E-state index in [2.05, 4.69) is 26.0 Å². The van der Waals surface area contributed by atoms with Gasteiger partial charge in [0, 0.05) is 6.54 Å². The minimum absolute atomic E-state index is 0.142. The summed E-state index contributed by atoms with van der Waals surface area (Å²) in [7, 11) is 0. The number of anilines is 1. The van der Waals surface area contributed by atoms with Crippen LogP contribution in [-0.4, -0.2) is 27.3 Å². The zero-order valence-electron chi connectivity index (χ0n) is 10.5. The highest BCUT2D eigenvalue weighted by Gasteiger charge is 2.12. The summed E-state index contributed by atoms with van der Waals surface area (Å²) < 4.78 is 0. The second-order valence-electron chi connectivity index (χ2n) is 3.94. The van der Waals surface area contributed by atoms with E-state index in [1.165, 1.54) is 6.20 Å². The molecule has 0 atom stereocenters. The molecule has 1 aromatic carbocycles. The smallest absolute Gasteiger partial charge is 0.320 e. The first kappa shape index (κ1) is 13.4. The van der Waals surface area contributed by atoms with Crippen LogP contribution in [0.4, 0.5) is 10.6 Å². The second-order valence-corrected chi connectivity index (χ2v) is 3.94. The number of hydrogen-bond acceptors (Lipinski definition) is 4. The fourth-order valence-electron chi connectivity index (χ4n) is 1.57. The SMILES string of the molecule is N/C(=N/O)c1cn[nH]c1NC(=O)NCc1ccccc1. The minimum Gasteiger partial charge on any atom is -0.409 e. The molecule has 0 saturated carbocycles. The van der Waals surface area contributed by atoms with Gasteiger partial charge in [-0.1, -0.05) is 35.5 Å². The molecule has 0 aliphatic carbocycles. The van der Waals surface area contributed by atoms with Crippen molar-refractivity contribution >= 4 is 17.7 Å². The molecule has 1 heterocycles. The zero-order valence-corrected chi connectivity index (χ0v) is 10.5. The van der Waals surface area contributed by atoms with E-state index in [0.717, 1.165) is 5.56 Å². The van der Waals surface area contributed by atoms with Crippen LogP contribution in [0.15, 0.2) is 41.7 Å². The van der Waals surface area contributed by atoms with Crippen LogP contribution in [-0.2, 0) is 6.54 Å². The molecule has 0 bridgehead atoms. The van der Waals surface area contributed by atoms with E-state index in [-0.39, 0.29) is 11.7 Å². The maximum atomic E-state index is 11.7. The maximum Gasteiger partial charge on any atom is 0.320 e. The molecule has 8 heteroatoms. The van der Waals surface area contributed by atoms with Gasteiger partial charge in [-0.15, -0.1) is 0 Å². The van der Waals surface area contributed by atoms with Crippen LogP contribution in [0.25, 0.3) is 0 Å². The Morgan fingerprint density at radius 3 is 2.85 bits per heavy atom. The number of oxime groups is 1.